The van der Waals surface area contributed by atoms with Gasteiger partial charge in [-0.25, -0.2) is 4.79 Å². The van der Waals surface area contributed by atoms with Crippen molar-refractivity contribution in [3.8, 4) is 17.0 Å². The third kappa shape index (κ3) is 3.79. The molecule has 0 aliphatic carbocycles. The van der Waals surface area contributed by atoms with Crippen LogP contribution in [0.5, 0.6) is 5.75 Å². The molecule has 0 radical (unpaired) electrons. The topological polar surface area (TPSA) is 68.5 Å². The van der Waals surface area contributed by atoms with E-state index in [1.807, 2.05) is 47.0 Å². The second kappa shape index (κ2) is 8.11. The van der Waals surface area contributed by atoms with Gasteiger partial charge in [0.25, 0.3) is 0 Å². The van der Waals surface area contributed by atoms with Crippen molar-refractivity contribution >= 4 is 21.9 Å². The van der Waals surface area contributed by atoms with Gasteiger partial charge in [0.2, 0.25) is 0 Å². The zero-order chi connectivity index (χ0) is 21.4. The highest BCUT2D eigenvalue weighted by Gasteiger charge is 2.28. The van der Waals surface area contributed by atoms with Crippen molar-refractivity contribution in [2.45, 2.75) is 32.9 Å². The Labute approximate surface area is 183 Å². The predicted octanol–water partition coefficient (Wildman–Crippen LogP) is 5.31. The molecule has 0 fully saturated rings. The third-order valence-electron chi connectivity index (χ3n) is 5.54. The van der Waals surface area contributed by atoms with Crippen molar-refractivity contribution in [3.05, 3.63) is 86.1 Å². The number of halogens is 1. The minimum atomic E-state index is -1.20. The maximum Gasteiger partial charge on any atom is 0.341 e. The summed E-state index contributed by atoms with van der Waals surface area (Å²) in [6.07, 6.45) is 2.22. The number of hydrogen-bond acceptors (Lipinski definition) is 3. The minimum Gasteiger partial charge on any atom is -0.488 e. The number of fused-ring (bicyclic) bond motifs is 3. The van der Waals surface area contributed by atoms with Crippen LogP contribution in [0.15, 0.2) is 64.0 Å². The summed E-state index contributed by atoms with van der Waals surface area (Å²) < 4.78 is 8.79. The fourth-order valence-corrected chi connectivity index (χ4v) is 4.39. The van der Waals surface area contributed by atoms with Gasteiger partial charge in [-0.05, 0) is 51.5 Å². The van der Waals surface area contributed by atoms with Crippen molar-refractivity contribution in [2.24, 2.45) is 5.92 Å². The van der Waals surface area contributed by atoms with Crippen LogP contribution in [0.2, 0.25) is 0 Å². The summed E-state index contributed by atoms with van der Waals surface area (Å²) in [6.45, 7) is 4.66. The van der Waals surface area contributed by atoms with Crippen LogP contribution in [0, 0.1) is 5.92 Å². The van der Waals surface area contributed by atoms with Crippen LogP contribution in [0.3, 0.4) is 0 Å². The lowest BCUT2D eigenvalue weighted by molar-refractivity contribution is 0.0694. The number of carboxylic acids is 1. The van der Waals surface area contributed by atoms with E-state index in [0.29, 0.717) is 6.61 Å². The molecular weight excluding hydrogens is 446 g/mol. The molecule has 0 saturated carbocycles. The van der Waals surface area contributed by atoms with E-state index < -0.39 is 11.4 Å². The maximum absolute atomic E-state index is 12.4. The number of rotatable bonds is 5. The van der Waals surface area contributed by atoms with E-state index >= 15 is 0 Å². The van der Waals surface area contributed by atoms with Gasteiger partial charge in [0, 0.05) is 23.9 Å². The molecule has 1 aliphatic heterocycles. The highest BCUT2D eigenvalue weighted by molar-refractivity contribution is 9.10. The van der Waals surface area contributed by atoms with Gasteiger partial charge < -0.3 is 14.4 Å². The first kappa shape index (κ1) is 20.4. The Hall–Kier alpha value is -2.86. The fourth-order valence-electron chi connectivity index (χ4n) is 3.93. The molecule has 6 heteroatoms. The highest BCUT2D eigenvalue weighted by Crippen LogP contribution is 2.41. The predicted molar refractivity (Wildman–Crippen MR) is 119 cm³/mol. The summed E-state index contributed by atoms with van der Waals surface area (Å²) in [5, 5.41) is 9.38. The van der Waals surface area contributed by atoms with Gasteiger partial charge >= 0.3 is 5.97 Å². The molecule has 2 aromatic carbocycles. The molecule has 0 amide bonds. The lowest BCUT2D eigenvalue weighted by atomic mass is 9.87. The normalized spacial score (nSPS) is 14.9. The summed E-state index contributed by atoms with van der Waals surface area (Å²) in [6, 6.07) is 15.4. The number of nitrogens with zero attached hydrogens (tertiary/aromatic N) is 1. The van der Waals surface area contributed by atoms with E-state index in [2.05, 4.69) is 29.8 Å². The number of carboxylic acid groups (broad SMARTS) is 1. The number of ether oxygens (including phenoxy) is 1. The number of pyridine rings is 1. The van der Waals surface area contributed by atoms with Crippen LogP contribution < -0.4 is 10.2 Å². The second-order valence-electron chi connectivity index (χ2n) is 7.88. The molecule has 2 heterocycles. The van der Waals surface area contributed by atoms with Crippen molar-refractivity contribution in [2.75, 3.05) is 0 Å². The van der Waals surface area contributed by atoms with Crippen LogP contribution in [0.25, 0.3) is 11.3 Å². The van der Waals surface area contributed by atoms with Crippen LogP contribution >= 0.6 is 15.9 Å². The van der Waals surface area contributed by atoms with Crippen molar-refractivity contribution in [3.63, 3.8) is 0 Å². The molecule has 0 bridgehead atoms. The molecule has 1 unspecified atom stereocenters. The number of aromatic carboxylic acids is 1. The van der Waals surface area contributed by atoms with E-state index in [1.54, 1.807) is 0 Å². The molecule has 154 valence electrons. The molecule has 1 N–H and O–H groups in total. The number of aromatic nitrogens is 1. The molecule has 1 aromatic heterocycles. The fraction of sp³-hybridized carbons (Fsp3) is 0.250. The summed E-state index contributed by atoms with van der Waals surface area (Å²) in [5.74, 6) is -0.189. The Bertz CT molecular complexity index is 1170. The third-order valence-corrected chi connectivity index (χ3v) is 6.16. The lowest BCUT2D eigenvalue weighted by Crippen LogP contribution is -2.28. The summed E-state index contributed by atoms with van der Waals surface area (Å²) >= 11 is 3.59. The average Bonchev–Trinajstić information content (AvgIpc) is 2.72. The van der Waals surface area contributed by atoms with Crippen LogP contribution in [0.1, 0.15) is 41.4 Å². The van der Waals surface area contributed by atoms with Crippen molar-refractivity contribution < 1.29 is 14.6 Å². The van der Waals surface area contributed by atoms with E-state index in [9.17, 15) is 14.7 Å². The molecule has 4 rings (SSSR count). The van der Waals surface area contributed by atoms with Crippen molar-refractivity contribution in [1.29, 1.82) is 0 Å². The SMILES string of the molecule is CC(C)C1Cc2cc(OCc3ccccc3)c(Br)cc2-c2cc(=O)c(C(=O)O)cn21. The molecule has 30 heavy (non-hydrogen) atoms. The van der Waals surface area contributed by atoms with Gasteiger partial charge in [0.1, 0.15) is 17.9 Å². The van der Waals surface area contributed by atoms with E-state index in [0.717, 1.165) is 39.0 Å². The second-order valence-corrected chi connectivity index (χ2v) is 8.73. The van der Waals surface area contributed by atoms with Crippen LogP contribution in [-0.2, 0) is 13.0 Å². The van der Waals surface area contributed by atoms with Gasteiger partial charge in [-0.3, -0.25) is 4.79 Å². The zero-order valence-electron chi connectivity index (χ0n) is 16.8. The van der Waals surface area contributed by atoms with Gasteiger partial charge in [-0.15, -0.1) is 0 Å². The highest BCUT2D eigenvalue weighted by atomic mass is 79.9. The summed E-state index contributed by atoms with van der Waals surface area (Å²) in [4.78, 5) is 23.9. The summed E-state index contributed by atoms with van der Waals surface area (Å²) in [5.41, 5.74) is 3.14. The Balaban J connectivity index is 1.77. The Morgan fingerprint density at radius 1 is 1.23 bits per heavy atom. The van der Waals surface area contributed by atoms with Gasteiger partial charge in [0.05, 0.1) is 10.2 Å². The minimum absolute atomic E-state index is 0.0503. The van der Waals surface area contributed by atoms with Crippen LogP contribution in [0.4, 0.5) is 0 Å². The Morgan fingerprint density at radius 3 is 2.63 bits per heavy atom. The zero-order valence-corrected chi connectivity index (χ0v) is 18.3. The Morgan fingerprint density at radius 2 is 1.97 bits per heavy atom. The molecule has 1 atom stereocenters. The number of benzene rings is 2. The number of hydrogen-bond donors (Lipinski definition) is 1. The van der Waals surface area contributed by atoms with Crippen LogP contribution in [-0.4, -0.2) is 15.6 Å². The molecule has 5 nitrogen and oxygen atoms in total. The summed E-state index contributed by atoms with van der Waals surface area (Å²) in [7, 11) is 0. The Kier molecular flexibility index (Phi) is 5.52. The lowest BCUT2D eigenvalue weighted by Gasteiger charge is -2.33. The number of carbonyl (C=O) groups is 1. The van der Waals surface area contributed by atoms with Gasteiger partial charge in [-0.1, -0.05) is 44.2 Å². The molecule has 1 aliphatic rings. The largest absolute Gasteiger partial charge is 0.488 e. The monoisotopic (exact) mass is 467 g/mol. The standard InChI is InChI=1S/C24H22BrNO4/c1-14(2)20-8-16-9-23(30-13-15-6-4-3-5-7-15)19(25)10-17(16)21-11-22(27)18(24(28)29)12-26(20)21/h3-7,9-12,14,20H,8,13H2,1-2H3,(H,28,29). The first-order valence-electron chi connectivity index (χ1n) is 9.84. The quantitative estimate of drug-likeness (QED) is 0.551. The molecular formula is C24H22BrNO4. The van der Waals surface area contributed by atoms with E-state index in [-0.39, 0.29) is 17.5 Å². The molecule has 3 aromatic rings. The first-order valence-corrected chi connectivity index (χ1v) is 10.6. The molecule has 0 spiro atoms. The molecule has 0 saturated heterocycles. The maximum atomic E-state index is 12.4. The van der Waals surface area contributed by atoms with Crippen molar-refractivity contribution in [1.82, 2.24) is 4.57 Å². The first-order chi connectivity index (χ1) is 14.3. The van der Waals surface area contributed by atoms with E-state index in [1.165, 1.54) is 12.3 Å². The average molecular weight is 468 g/mol. The van der Waals surface area contributed by atoms with Gasteiger partial charge in [-0.2, -0.15) is 0 Å². The van der Waals surface area contributed by atoms with Gasteiger partial charge in [0.15, 0.2) is 5.43 Å². The smallest absolute Gasteiger partial charge is 0.341 e. The van der Waals surface area contributed by atoms with E-state index in [4.69, 9.17) is 4.74 Å².